The summed E-state index contributed by atoms with van der Waals surface area (Å²) in [4.78, 5) is 30.6. The number of nitrogens with one attached hydrogen (secondary N) is 1. The van der Waals surface area contributed by atoms with E-state index in [0.29, 0.717) is 48.3 Å². The Morgan fingerprint density at radius 3 is 2.89 bits per heavy atom. The van der Waals surface area contributed by atoms with Crippen LogP contribution in [0.25, 0.3) is 0 Å². The lowest BCUT2D eigenvalue weighted by Gasteiger charge is -2.33. The summed E-state index contributed by atoms with van der Waals surface area (Å²) in [5, 5.41) is 12.9. The molecule has 6 nitrogen and oxygen atoms in total. The summed E-state index contributed by atoms with van der Waals surface area (Å²) in [5.74, 6) is -0.0217. The number of aliphatic hydroxyl groups is 1. The molecule has 0 saturated carbocycles. The normalized spacial score (nSPS) is 27.9. The molecule has 0 unspecified atom stereocenters. The van der Waals surface area contributed by atoms with Crippen LogP contribution in [0.1, 0.15) is 12.8 Å². The first-order chi connectivity index (χ1) is 12.9. The second-order valence-electron chi connectivity index (χ2n) is 7.33. The zero-order valence-electron chi connectivity index (χ0n) is 14.7. The highest BCUT2D eigenvalue weighted by Crippen LogP contribution is 2.49. The summed E-state index contributed by atoms with van der Waals surface area (Å²) in [5.41, 5.74) is 0.672. The Bertz CT molecular complexity index is 793. The van der Waals surface area contributed by atoms with Crippen molar-refractivity contribution in [3.63, 3.8) is 0 Å². The van der Waals surface area contributed by atoms with Crippen LogP contribution in [0, 0.1) is 5.92 Å². The molecule has 1 spiro atoms. The molecule has 0 radical (unpaired) electrons. The molecule has 0 aromatic heterocycles. The summed E-state index contributed by atoms with van der Waals surface area (Å²) < 4.78 is -0.677. The number of carbonyl (C=O) groups is 2. The van der Waals surface area contributed by atoms with Crippen molar-refractivity contribution in [2.45, 2.75) is 22.5 Å². The number of β-amino-alcohol motifs (C(OH)–C–C–N with tert-alkyl or cyclic N) is 1. The summed E-state index contributed by atoms with van der Waals surface area (Å²) in [6, 6.07) is 3.45. The second kappa shape index (κ2) is 7.44. The number of anilines is 1. The van der Waals surface area contributed by atoms with Crippen LogP contribution in [0.4, 0.5) is 5.69 Å². The van der Waals surface area contributed by atoms with Gasteiger partial charge in [-0.3, -0.25) is 9.59 Å². The molecule has 146 valence electrons. The molecular weight excluding hydrogens is 409 g/mol. The number of thioether (sulfide) groups is 1. The molecule has 2 N–H and O–H groups in total. The van der Waals surface area contributed by atoms with E-state index >= 15 is 0 Å². The predicted molar refractivity (Wildman–Crippen MR) is 107 cm³/mol. The van der Waals surface area contributed by atoms with E-state index in [1.165, 1.54) is 11.8 Å². The van der Waals surface area contributed by atoms with Crippen LogP contribution in [0.2, 0.25) is 10.0 Å². The van der Waals surface area contributed by atoms with Crippen molar-refractivity contribution < 1.29 is 14.7 Å². The number of aliphatic hydroxyl groups excluding tert-OH is 1. The van der Waals surface area contributed by atoms with Crippen LogP contribution in [0.5, 0.6) is 0 Å². The van der Waals surface area contributed by atoms with Gasteiger partial charge in [0.25, 0.3) is 0 Å². The van der Waals surface area contributed by atoms with Crippen LogP contribution in [-0.2, 0) is 9.59 Å². The standard InChI is InChI=1S/C18H21Cl2N3O3S/c19-12-7-14-15(8-13(12)20)27-18(17(26)21-14)2-4-23(10-18)16(25)11-1-3-22(9-11)5-6-24/h7-8,11,24H,1-6,9-10H2,(H,21,26)/t11-,18-/m0/s1. The number of hydrogen-bond donors (Lipinski definition) is 2. The minimum Gasteiger partial charge on any atom is -0.395 e. The van der Waals surface area contributed by atoms with Crippen LogP contribution >= 0.6 is 35.0 Å². The van der Waals surface area contributed by atoms with Gasteiger partial charge in [-0.2, -0.15) is 0 Å². The van der Waals surface area contributed by atoms with Gasteiger partial charge in [-0.1, -0.05) is 23.2 Å². The van der Waals surface area contributed by atoms with Crippen molar-refractivity contribution in [1.82, 2.24) is 9.80 Å². The highest BCUT2D eigenvalue weighted by atomic mass is 35.5. The van der Waals surface area contributed by atoms with E-state index in [1.54, 1.807) is 12.1 Å². The van der Waals surface area contributed by atoms with E-state index in [9.17, 15) is 9.59 Å². The first-order valence-electron chi connectivity index (χ1n) is 9.03. The lowest BCUT2D eigenvalue weighted by Crippen LogP contribution is -2.46. The monoisotopic (exact) mass is 429 g/mol. The van der Waals surface area contributed by atoms with Gasteiger partial charge in [0.1, 0.15) is 4.75 Å². The maximum absolute atomic E-state index is 12.9. The third kappa shape index (κ3) is 3.56. The summed E-state index contributed by atoms with van der Waals surface area (Å²) in [6.07, 6.45) is 1.42. The molecule has 2 atom stereocenters. The fourth-order valence-electron chi connectivity index (χ4n) is 4.08. The average Bonchev–Trinajstić information content (AvgIpc) is 3.26. The smallest absolute Gasteiger partial charge is 0.242 e. The van der Waals surface area contributed by atoms with Crippen LogP contribution in [0.3, 0.4) is 0 Å². The maximum Gasteiger partial charge on any atom is 0.242 e. The number of amides is 2. The Balaban J connectivity index is 1.47. The third-order valence-corrected chi connectivity index (χ3v) is 7.76. The van der Waals surface area contributed by atoms with Crippen molar-refractivity contribution in [3.05, 3.63) is 22.2 Å². The van der Waals surface area contributed by atoms with Gasteiger partial charge < -0.3 is 20.2 Å². The van der Waals surface area contributed by atoms with E-state index < -0.39 is 4.75 Å². The fraction of sp³-hybridized carbons (Fsp3) is 0.556. The predicted octanol–water partition coefficient (Wildman–Crippen LogP) is 2.32. The SMILES string of the molecule is O=C([C@H]1CCN(CCO)C1)N1CC[C@@]2(C1)Sc1cc(Cl)c(Cl)cc1NC2=O. The Labute approximate surface area is 172 Å². The van der Waals surface area contributed by atoms with E-state index in [2.05, 4.69) is 10.2 Å². The molecule has 3 aliphatic heterocycles. The van der Waals surface area contributed by atoms with Crippen LogP contribution in [0.15, 0.2) is 17.0 Å². The number of rotatable bonds is 3. The van der Waals surface area contributed by atoms with E-state index in [1.807, 2.05) is 4.90 Å². The van der Waals surface area contributed by atoms with Crippen molar-refractivity contribution in [1.29, 1.82) is 0 Å². The zero-order valence-corrected chi connectivity index (χ0v) is 17.0. The van der Waals surface area contributed by atoms with Gasteiger partial charge in [0, 0.05) is 31.1 Å². The molecule has 27 heavy (non-hydrogen) atoms. The molecule has 2 saturated heterocycles. The minimum atomic E-state index is -0.677. The molecule has 3 heterocycles. The summed E-state index contributed by atoms with van der Waals surface area (Å²) in [7, 11) is 0. The molecule has 0 bridgehead atoms. The average molecular weight is 430 g/mol. The quantitative estimate of drug-likeness (QED) is 0.770. The molecule has 0 aliphatic carbocycles. The minimum absolute atomic E-state index is 0.0520. The molecular formula is C18H21Cl2N3O3S. The lowest BCUT2D eigenvalue weighted by molar-refractivity contribution is -0.134. The fourth-order valence-corrected chi connectivity index (χ4v) is 5.85. The summed E-state index contributed by atoms with van der Waals surface area (Å²) >= 11 is 13.7. The number of nitrogens with zero attached hydrogens (tertiary/aromatic N) is 2. The van der Waals surface area contributed by atoms with Crippen molar-refractivity contribution in [2.24, 2.45) is 5.92 Å². The van der Waals surface area contributed by atoms with Gasteiger partial charge in [-0.05, 0) is 31.5 Å². The highest BCUT2D eigenvalue weighted by Gasteiger charge is 2.50. The number of benzene rings is 1. The number of fused-ring (bicyclic) bond motifs is 1. The molecule has 2 amide bonds. The van der Waals surface area contributed by atoms with Crippen molar-refractivity contribution in [2.75, 3.05) is 44.6 Å². The van der Waals surface area contributed by atoms with Crippen LogP contribution in [-0.4, -0.2) is 70.8 Å². The van der Waals surface area contributed by atoms with Crippen molar-refractivity contribution in [3.8, 4) is 0 Å². The largest absolute Gasteiger partial charge is 0.395 e. The Morgan fingerprint density at radius 2 is 2.11 bits per heavy atom. The molecule has 3 aliphatic rings. The maximum atomic E-state index is 12.9. The van der Waals surface area contributed by atoms with Crippen molar-refractivity contribution >= 4 is 52.5 Å². The Morgan fingerprint density at radius 1 is 1.33 bits per heavy atom. The van der Waals surface area contributed by atoms with Crippen LogP contribution < -0.4 is 5.32 Å². The van der Waals surface area contributed by atoms with E-state index in [-0.39, 0.29) is 24.3 Å². The molecule has 1 aromatic rings. The summed E-state index contributed by atoms with van der Waals surface area (Å²) in [6.45, 7) is 3.20. The molecule has 1 aromatic carbocycles. The van der Waals surface area contributed by atoms with E-state index in [4.69, 9.17) is 28.3 Å². The molecule has 9 heteroatoms. The Hall–Kier alpha value is -0.990. The van der Waals surface area contributed by atoms with Gasteiger partial charge in [0.05, 0.1) is 28.3 Å². The van der Waals surface area contributed by atoms with Gasteiger partial charge in [-0.25, -0.2) is 0 Å². The molecule has 2 fully saturated rings. The third-order valence-electron chi connectivity index (χ3n) is 5.57. The first kappa shape index (κ1) is 19.3. The van der Waals surface area contributed by atoms with Gasteiger partial charge >= 0.3 is 0 Å². The van der Waals surface area contributed by atoms with Gasteiger partial charge in [-0.15, -0.1) is 11.8 Å². The topological polar surface area (TPSA) is 72.9 Å². The number of carbonyl (C=O) groups excluding carboxylic acids is 2. The number of hydrogen-bond acceptors (Lipinski definition) is 5. The zero-order chi connectivity index (χ0) is 19.2. The van der Waals surface area contributed by atoms with Gasteiger partial charge in [0.2, 0.25) is 11.8 Å². The highest BCUT2D eigenvalue weighted by molar-refractivity contribution is 8.01. The van der Waals surface area contributed by atoms with Gasteiger partial charge in [0.15, 0.2) is 0 Å². The number of halogens is 2. The lowest BCUT2D eigenvalue weighted by atomic mass is 10.1. The Kier molecular flexibility index (Phi) is 5.33. The van der Waals surface area contributed by atoms with E-state index in [0.717, 1.165) is 17.9 Å². The first-order valence-corrected chi connectivity index (χ1v) is 10.6. The molecule has 4 rings (SSSR count). The number of likely N-dealkylation sites (tertiary alicyclic amines) is 2. The second-order valence-corrected chi connectivity index (χ2v) is 9.57.